The maximum Gasteiger partial charge on any atom is 0.261 e. The molecule has 1 amide bonds. The molecule has 1 aromatic rings. The summed E-state index contributed by atoms with van der Waals surface area (Å²) in [5.41, 5.74) is 1.05. The van der Waals surface area contributed by atoms with Gasteiger partial charge in [-0.1, -0.05) is 0 Å². The highest BCUT2D eigenvalue weighted by molar-refractivity contribution is 8.13. The number of ether oxygens (including phenoxy) is 1. The van der Waals surface area contributed by atoms with Gasteiger partial charge >= 0.3 is 0 Å². The molecule has 0 saturated heterocycles. The molecule has 21 heavy (non-hydrogen) atoms. The van der Waals surface area contributed by atoms with E-state index in [1.807, 2.05) is 13.8 Å². The van der Waals surface area contributed by atoms with Crippen LogP contribution in [-0.4, -0.2) is 45.5 Å². The second-order valence-electron chi connectivity index (χ2n) is 4.50. The largest absolute Gasteiger partial charge is 0.380 e. The number of halogens is 1. The molecule has 0 aliphatic carbocycles. The number of carbonyl (C=O) groups excluding carboxylic acids is 1. The van der Waals surface area contributed by atoms with Gasteiger partial charge in [0.05, 0.1) is 11.5 Å². The highest BCUT2D eigenvalue weighted by Gasteiger charge is 2.18. The number of amides is 1. The van der Waals surface area contributed by atoms with Gasteiger partial charge in [-0.3, -0.25) is 4.79 Å². The summed E-state index contributed by atoms with van der Waals surface area (Å²) in [6.45, 7) is 7.61. The Bertz CT molecular complexity index is 601. The fourth-order valence-electron chi connectivity index (χ4n) is 1.92. The van der Waals surface area contributed by atoms with Crippen LogP contribution in [0.15, 0.2) is 23.1 Å². The van der Waals surface area contributed by atoms with Crippen LogP contribution in [0.1, 0.15) is 29.8 Å². The Labute approximate surface area is 130 Å². The van der Waals surface area contributed by atoms with Crippen LogP contribution in [0.25, 0.3) is 0 Å². The Morgan fingerprint density at radius 2 is 2.00 bits per heavy atom. The lowest BCUT2D eigenvalue weighted by Gasteiger charge is -2.21. The maximum absolute atomic E-state index is 12.4. The van der Waals surface area contributed by atoms with Gasteiger partial charge in [-0.05, 0) is 44.5 Å². The number of likely N-dealkylation sites (N-methyl/N-ethyl adjacent to an activating group) is 1. The van der Waals surface area contributed by atoms with Crippen molar-refractivity contribution < 1.29 is 17.9 Å². The average Bonchev–Trinajstić information content (AvgIpc) is 2.42. The van der Waals surface area contributed by atoms with Crippen LogP contribution in [0.3, 0.4) is 0 Å². The van der Waals surface area contributed by atoms with E-state index < -0.39 is 9.05 Å². The van der Waals surface area contributed by atoms with Gasteiger partial charge in [0.15, 0.2) is 0 Å². The molecular weight excluding hydrogens is 314 g/mol. The van der Waals surface area contributed by atoms with E-state index in [2.05, 4.69) is 0 Å². The van der Waals surface area contributed by atoms with E-state index in [0.717, 1.165) is 0 Å². The molecule has 118 valence electrons. The predicted molar refractivity (Wildman–Crippen MR) is 82.3 cm³/mol. The number of rotatable bonds is 7. The Kier molecular flexibility index (Phi) is 6.64. The topological polar surface area (TPSA) is 63.7 Å². The molecule has 1 rings (SSSR count). The predicted octanol–water partition coefficient (Wildman–Crippen LogP) is 2.42. The third kappa shape index (κ3) is 4.98. The molecule has 0 unspecified atom stereocenters. The van der Waals surface area contributed by atoms with Crippen molar-refractivity contribution in [1.29, 1.82) is 0 Å². The molecule has 0 radical (unpaired) electrons. The molecule has 5 nitrogen and oxygen atoms in total. The highest BCUT2D eigenvalue weighted by atomic mass is 35.7. The van der Waals surface area contributed by atoms with Crippen LogP contribution >= 0.6 is 10.7 Å². The van der Waals surface area contributed by atoms with Crippen LogP contribution < -0.4 is 0 Å². The summed E-state index contributed by atoms with van der Waals surface area (Å²) < 4.78 is 27.8. The summed E-state index contributed by atoms with van der Waals surface area (Å²) in [6, 6.07) is 4.25. The van der Waals surface area contributed by atoms with Gasteiger partial charge in [0.1, 0.15) is 0 Å². The van der Waals surface area contributed by atoms with Gasteiger partial charge in [-0.25, -0.2) is 8.42 Å². The third-order valence-electron chi connectivity index (χ3n) is 3.09. The van der Waals surface area contributed by atoms with E-state index >= 15 is 0 Å². The number of nitrogens with zero attached hydrogens (tertiary/aromatic N) is 1. The fraction of sp³-hybridized carbons (Fsp3) is 0.500. The van der Waals surface area contributed by atoms with Gasteiger partial charge in [-0.2, -0.15) is 0 Å². The van der Waals surface area contributed by atoms with Crippen molar-refractivity contribution in [3.63, 3.8) is 0 Å². The van der Waals surface area contributed by atoms with Crippen molar-refractivity contribution in [3.05, 3.63) is 29.3 Å². The lowest BCUT2D eigenvalue weighted by Crippen LogP contribution is -2.34. The number of hydrogen-bond donors (Lipinski definition) is 0. The van der Waals surface area contributed by atoms with Gasteiger partial charge in [0.25, 0.3) is 15.0 Å². The summed E-state index contributed by atoms with van der Waals surface area (Å²) in [5.74, 6) is -0.145. The zero-order valence-corrected chi connectivity index (χ0v) is 14.0. The molecule has 0 atom stereocenters. The van der Waals surface area contributed by atoms with Crippen LogP contribution in [0.2, 0.25) is 0 Å². The first-order valence-corrected chi connectivity index (χ1v) is 9.04. The van der Waals surface area contributed by atoms with Crippen LogP contribution in [0, 0.1) is 6.92 Å². The molecule has 0 N–H and O–H groups in total. The van der Waals surface area contributed by atoms with Crippen LogP contribution in [0.5, 0.6) is 0 Å². The first-order chi connectivity index (χ1) is 9.81. The SMILES string of the molecule is CCOCCN(CC)C(=O)c1ccc(S(=O)(=O)Cl)cc1C. The van der Waals surface area contributed by atoms with Crippen molar-refractivity contribution in [2.24, 2.45) is 0 Å². The zero-order chi connectivity index (χ0) is 16.0. The zero-order valence-electron chi connectivity index (χ0n) is 12.4. The third-order valence-corrected chi connectivity index (χ3v) is 4.44. The molecule has 0 saturated carbocycles. The van der Waals surface area contributed by atoms with Gasteiger partial charge < -0.3 is 9.64 Å². The Morgan fingerprint density at radius 1 is 1.33 bits per heavy atom. The summed E-state index contributed by atoms with van der Waals surface area (Å²) in [6.07, 6.45) is 0. The molecule has 0 aliphatic heterocycles. The fourth-order valence-corrected chi connectivity index (χ4v) is 2.76. The molecule has 7 heteroatoms. The second-order valence-corrected chi connectivity index (χ2v) is 7.06. The lowest BCUT2D eigenvalue weighted by atomic mass is 10.1. The number of aryl methyl sites for hydroxylation is 1. The van der Waals surface area contributed by atoms with E-state index in [-0.39, 0.29) is 10.8 Å². The Balaban J connectivity index is 2.96. The Morgan fingerprint density at radius 3 is 2.48 bits per heavy atom. The summed E-state index contributed by atoms with van der Waals surface area (Å²) in [7, 11) is 1.51. The number of benzene rings is 1. The summed E-state index contributed by atoms with van der Waals surface area (Å²) in [5, 5.41) is 0. The standard InChI is InChI=1S/C14H20ClNO4S/c1-4-16(8-9-20-5-2)14(17)13-7-6-12(10-11(13)3)21(15,18)19/h6-7,10H,4-5,8-9H2,1-3H3. The minimum atomic E-state index is -3.78. The normalized spacial score (nSPS) is 11.4. The van der Waals surface area contributed by atoms with Crippen molar-refractivity contribution in [1.82, 2.24) is 4.90 Å². The molecule has 0 bridgehead atoms. The maximum atomic E-state index is 12.4. The number of hydrogen-bond acceptors (Lipinski definition) is 4. The monoisotopic (exact) mass is 333 g/mol. The first-order valence-electron chi connectivity index (χ1n) is 6.73. The highest BCUT2D eigenvalue weighted by Crippen LogP contribution is 2.20. The number of carbonyl (C=O) groups is 1. The molecular formula is C14H20ClNO4S. The second kappa shape index (κ2) is 7.77. The van der Waals surface area contributed by atoms with Gasteiger partial charge in [-0.15, -0.1) is 0 Å². The first kappa shape index (κ1) is 17.9. The quantitative estimate of drug-likeness (QED) is 0.568. The van der Waals surface area contributed by atoms with Crippen molar-refractivity contribution in [2.75, 3.05) is 26.3 Å². The molecule has 0 fully saturated rings. The molecule has 0 heterocycles. The van der Waals surface area contributed by atoms with E-state index in [9.17, 15) is 13.2 Å². The smallest absolute Gasteiger partial charge is 0.261 e. The minimum absolute atomic E-state index is 0.00409. The molecule has 0 aliphatic rings. The average molecular weight is 334 g/mol. The van der Waals surface area contributed by atoms with E-state index in [1.165, 1.54) is 18.2 Å². The molecule has 0 aromatic heterocycles. The van der Waals surface area contributed by atoms with Crippen molar-refractivity contribution in [2.45, 2.75) is 25.7 Å². The van der Waals surface area contributed by atoms with Crippen LogP contribution in [0.4, 0.5) is 0 Å². The summed E-state index contributed by atoms with van der Waals surface area (Å²) >= 11 is 0. The van der Waals surface area contributed by atoms with E-state index in [0.29, 0.717) is 37.4 Å². The van der Waals surface area contributed by atoms with Gasteiger partial charge in [0, 0.05) is 35.9 Å². The van der Waals surface area contributed by atoms with Crippen LogP contribution in [-0.2, 0) is 13.8 Å². The minimum Gasteiger partial charge on any atom is -0.380 e. The van der Waals surface area contributed by atoms with Crippen molar-refractivity contribution >= 4 is 25.6 Å². The van der Waals surface area contributed by atoms with Crippen molar-refractivity contribution in [3.8, 4) is 0 Å². The molecule has 0 spiro atoms. The lowest BCUT2D eigenvalue weighted by molar-refractivity contribution is 0.0668. The van der Waals surface area contributed by atoms with E-state index in [1.54, 1.807) is 11.8 Å². The summed E-state index contributed by atoms with van der Waals surface area (Å²) in [4.78, 5) is 14.1. The van der Waals surface area contributed by atoms with Gasteiger partial charge in [0.2, 0.25) is 0 Å². The Hall–Kier alpha value is -1.11. The van der Waals surface area contributed by atoms with E-state index in [4.69, 9.17) is 15.4 Å². The molecule has 1 aromatic carbocycles.